The minimum absolute atomic E-state index is 0.190. The van der Waals surface area contributed by atoms with Gasteiger partial charge >= 0.3 is 0 Å². The van der Waals surface area contributed by atoms with Crippen molar-refractivity contribution in [2.75, 3.05) is 5.73 Å². The number of aromatic nitrogens is 6. The van der Waals surface area contributed by atoms with E-state index in [1.165, 1.54) is 10.7 Å². The molecule has 0 aliphatic heterocycles. The smallest absolute Gasteiger partial charge is 0.182 e. The number of anilines is 1. The monoisotopic (exact) mass is 483 g/mol. The van der Waals surface area contributed by atoms with Gasteiger partial charge in [0.15, 0.2) is 17.5 Å². The number of hydrogen-bond donors (Lipinski definition) is 1. The van der Waals surface area contributed by atoms with Crippen molar-refractivity contribution in [1.29, 1.82) is 0 Å². The second kappa shape index (κ2) is 8.42. The number of rotatable bonds is 4. The normalized spacial score (nSPS) is 11.4. The van der Waals surface area contributed by atoms with Gasteiger partial charge in [-0.1, -0.05) is 18.2 Å². The molecule has 7 nitrogen and oxygen atoms in total. The SMILES string of the molecule is Nc1nc(-c2nc(Cc3c(F)ccc(F)c3F)n3ncccc23)ncc1-c1cccc2ncccc12. The van der Waals surface area contributed by atoms with E-state index in [2.05, 4.69) is 25.0 Å². The minimum atomic E-state index is -1.27. The maximum atomic E-state index is 14.3. The summed E-state index contributed by atoms with van der Waals surface area (Å²) in [5.74, 6) is -2.65. The van der Waals surface area contributed by atoms with E-state index < -0.39 is 23.0 Å². The van der Waals surface area contributed by atoms with Gasteiger partial charge in [0.25, 0.3) is 0 Å². The van der Waals surface area contributed by atoms with Crippen molar-refractivity contribution in [3.63, 3.8) is 0 Å². The Morgan fingerprint density at radius 1 is 0.806 bits per heavy atom. The van der Waals surface area contributed by atoms with Crippen LogP contribution in [0.5, 0.6) is 0 Å². The Morgan fingerprint density at radius 3 is 2.50 bits per heavy atom. The Balaban J connectivity index is 1.46. The number of nitrogens with two attached hydrogens (primary N) is 1. The third kappa shape index (κ3) is 3.50. The van der Waals surface area contributed by atoms with E-state index in [0.717, 1.165) is 28.6 Å². The maximum absolute atomic E-state index is 14.3. The highest BCUT2D eigenvalue weighted by Crippen LogP contribution is 2.32. The van der Waals surface area contributed by atoms with Gasteiger partial charge in [0.05, 0.1) is 11.0 Å². The quantitative estimate of drug-likeness (QED) is 0.355. The zero-order chi connectivity index (χ0) is 24.8. The van der Waals surface area contributed by atoms with Crippen LogP contribution in [-0.2, 0) is 6.42 Å². The van der Waals surface area contributed by atoms with Crippen LogP contribution in [0.25, 0.3) is 39.1 Å². The van der Waals surface area contributed by atoms with E-state index in [1.807, 2.05) is 30.3 Å². The summed E-state index contributed by atoms with van der Waals surface area (Å²) in [5, 5.41) is 5.15. The second-order valence-electron chi connectivity index (χ2n) is 8.06. The molecule has 0 aliphatic rings. The van der Waals surface area contributed by atoms with Gasteiger partial charge in [-0.2, -0.15) is 5.10 Å². The molecular formula is C26H16F3N7. The summed E-state index contributed by atoms with van der Waals surface area (Å²) >= 11 is 0. The molecule has 4 heterocycles. The summed E-state index contributed by atoms with van der Waals surface area (Å²) < 4.78 is 43.8. The van der Waals surface area contributed by atoms with Crippen molar-refractivity contribution in [1.82, 2.24) is 29.5 Å². The number of fused-ring (bicyclic) bond motifs is 2. The Hall–Kier alpha value is -4.86. The first-order valence-corrected chi connectivity index (χ1v) is 10.9. The predicted molar refractivity (Wildman–Crippen MR) is 128 cm³/mol. The number of benzene rings is 2. The molecule has 0 unspecified atom stereocenters. The Kier molecular flexibility index (Phi) is 5.06. The fraction of sp³-hybridized carbons (Fsp3) is 0.0385. The molecule has 4 aromatic heterocycles. The molecule has 0 amide bonds. The van der Waals surface area contributed by atoms with Crippen molar-refractivity contribution < 1.29 is 13.2 Å². The van der Waals surface area contributed by atoms with Gasteiger partial charge in [0.1, 0.15) is 23.2 Å². The van der Waals surface area contributed by atoms with Crippen LogP contribution in [0.15, 0.2) is 73.2 Å². The van der Waals surface area contributed by atoms with Crippen LogP contribution < -0.4 is 5.73 Å². The fourth-order valence-corrected chi connectivity index (χ4v) is 4.21. The topological polar surface area (TPSA) is 94.9 Å². The molecule has 6 aromatic rings. The molecule has 0 fully saturated rings. The van der Waals surface area contributed by atoms with E-state index >= 15 is 0 Å². The number of hydrogen-bond acceptors (Lipinski definition) is 6. The van der Waals surface area contributed by atoms with Crippen molar-refractivity contribution in [3.8, 4) is 22.6 Å². The Morgan fingerprint density at radius 2 is 1.64 bits per heavy atom. The van der Waals surface area contributed by atoms with Crippen LogP contribution in [0.3, 0.4) is 0 Å². The molecule has 6 rings (SSSR count). The van der Waals surface area contributed by atoms with Crippen molar-refractivity contribution >= 4 is 22.2 Å². The molecule has 0 saturated carbocycles. The van der Waals surface area contributed by atoms with Gasteiger partial charge < -0.3 is 5.73 Å². The van der Waals surface area contributed by atoms with Crippen molar-refractivity contribution in [2.45, 2.75) is 6.42 Å². The minimum Gasteiger partial charge on any atom is -0.383 e. The van der Waals surface area contributed by atoms with E-state index in [-0.39, 0.29) is 23.9 Å². The lowest BCUT2D eigenvalue weighted by atomic mass is 10.0. The van der Waals surface area contributed by atoms with Gasteiger partial charge in [0.2, 0.25) is 0 Å². The predicted octanol–water partition coefficient (Wildman–Crippen LogP) is 4.99. The second-order valence-corrected chi connectivity index (χ2v) is 8.06. The van der Waals surface area contributed by atoms with Crippen LogP contribution in [0, 0.1) is 17.5 Å². The van der Waals surface area contributed by atoms with Crippen LogP contribution in [0.1, 0.15) is 11.4 Å². The summed E-state index contributed by atoms with van der Waals surface area (Å²) in [6.45, 7) is 0. The first-order chi connectivity index (χ1) is 17.5. The lowest BCUT2D eigenvalue weighted by Crippen LogP contribution is -2.05. The van der Waals surface area contributed by atoms with Gasteiger partial charge in [-0.3, -0.25) is 4.98 Å². The summed E-state index contributed by atoms with van der Waals surface area (Å²) in [7, 11) is 0. The van der Waals surface area contributed by atoms with Gasteiger partial charge in [-0.15, -0.1) is 0 Å². The standard InChI is InChI=1S/C26H16F3N7/c27-18-8-9-19(28)23(29)16(18)12-22-34-24(21-7-3-11-33-36(21)22)26-32-13-17(25(30)35-26)14-4-1-6-20-15(14)5-2-10-31-20/h1-11,13H,12H2,(H2,30,32,35). The third-order valence-corrected chi connectivity index (χ3v) is 5.92. The number of nitrogen functional groups attached to an aromatic ring is 1. The zero-order valence-corrected chi connectivity index (χ0v) is 18.5. The fourth-order valence-electron chi connectivity index (χ4n) is 4.21. The summed E-state index contributed by atoms with van der Waals surface area (Å²) in [5.41, 5.74) is 9.01. The first-order valence-electron chi connectivity index (χ1n) is 10.9. The molecule has 0 saturated heterocycles. The van der Waals surface area contributed by atoms with Crippen LogP contribution >= 0.6 is 0 Å². The zero-order valence-electron chi connectivity index (χ0n) is 18.5. The molecule has 0 atom stereocenters. The number of pyridine rings is 1. The Bertz CT molecular complexity index is 1780. The molecule has 10 heteroatoms. The van der Waals surface area contributed by atoms with Gasteiger partial charge in [0, 0.05) is 41.5 Å². The summed E-state index contributed by atoms with van der Waals surface area (Å²) in [6.07, 6.45) is 4.50. The molecular weight excluding hydrogens is 467 g/mol. The number of imidazole rings is 1. The van der Waals surface area contributed by atoms with E-state index in [0.29, 0.717) is 16.8 Å². The molecule has 0 radical (unpaired) electrons. The maximum Gasteiger partial charge on any atom is 0.182 e. The number of nitrogens with zero attached hydrogens (tertiary/aromatic N) is 6. The van der Waals surface area contributed by atoms with Crippen LogP contribution in [0.2, 0.25) is 0 Å². The van der Waals surface area contributed by atoms with Crippen LogP contribution in [-0.4, -0.2) is 29.5 Å². The largest absolute Gasteiger partial charge is 0.383 e. The highest BCUT2D eigenvalue weighted by atomic mass is 19.2. The lowest BCUT2D eigenvalue weighted by molar-refractivity contribution is 0.481. The Labute approximate surface area is 202 Å². The lowest BCUT2D eigenvalue weighted by Gasteiger charge is -2.09. The first kappa shape index (κ1) is 21.7. The van der Waals surface area contributed by atoms with E-state index in [9.17, 15) is 13.2 Å². The van der Waals surface area contributed by atoms with Crippen molar-refractivity contribution in [2.24, 2.45) is 0 Å². The van der Waals surface area contributed by atoms with E-state index in [1.54, 1.807) is 24.5 Å². The molecule has 2 N–H and O–H groups in total. The highest BCUT2D eigenvalue weighted by Gasteiger charge is 2.21. The molecule has 2 aromatic carbocycles. The summed E-state index contributed by atoms with van der Waals surface area (Å²) in [6, 6.07) is 14.5. The van der Waals surface area contributed by atoms with Gasteiger partial charge in [-0.25, -0.2) is 32.6 Å². The molecule has 0 bridgehead atoms. The average molecular weight is 483 g/mol. The number of halogens is 3. The third-order valence-electron chi connectivity index (χ3n) is 5.92. The van der Waals surface area contributed by atoms with Gasteiger partial charge in [-0.05, 0) is 42.0 Å². The van der Waals surface area contributed by atoms with Crippen LogP contribution in [0.4, 0.5) is 19.0 Å². The molecule has 36 heavy (non-hydrogen) atoms. The molecule has 176 valence electrons. The average Bonchev–Trinajstić information content (AvgIpc) is 3.27. The highest BCUT2D eigenvalue weighted by molar-refractivity contribution is 5.96. The molecule has 0 spiro atoms. The van der Waals surface area contributed by atoms with E-state index in [4.69, 9.17) is 5.73 Å². The van der Waals surface area contributed by atoms with Crippen molar-refractivity contribution in [3.05, 3.63) is 102 Å². The molecule has 0 aliphatic carbocycles. The summed E-state index contributed by atoms with van der Waals surface area (Å²) in [4.78, 5) is 17.9.